The van der Waals surface area contributed by atoms with Crippen molar-refractivity contribution in [2.24, 2.45) is 5.92 Å². The van der Waals surface area contributed by atoms with E-state index in [1.165, 1.54) is 6.07 Å². The van der Waals surface area contributed by atoms with Crippen LogP contribution in [-0.4, -0.2) is 43.6 Å². The molecule has 2 fully saturated rings. The Hall–Kier alpha value is -1.24. The zero-order chi connectivity index (χ0) is 14.1. The lowest BCUT2D eigenvalue weighted by atomic mass is 10.0. The van der Waals surface area contributed by atoms with Gasteiger partial charge in [0, 0.05) is 19.6 Å². The SMILES string of the molecule is Cl.O=C(C1CNC1)N1CCOC(c2ccc(F)c(F)c2)C1. The second-order valence-electron chi connectivity index (χ2n) is 5.17. The second-order valence-corrected chi connectivity index (χ2v) is 5.17. The number of amides is 1. The molecule has 0 saturated carbocycles. The fourth-order valence-corrected chi connectivity index (χ4v) is 2.49. The zero-order valence-electron chi connectivity index (χ0n) is 11.4. The van der Waals surface area contributed by atoms with Crippen LogP contribution in [-0.2, 0) is 9.53 Å². The molecule has 3 rings (SSSR count). The molecule has 1 aromatic rings. The smallest absolute Gasteiger partial charge is 0.228 e. The highest BCUT2D eigenvalue weighted by atomic mass is 35.5. The Labute approximate surface area is 127 Å². The summed E-state index contributed by atoms with van der Waals surface area (Å²) in [6.07, 6.45) is -0.393. The molecule has 1 amide bonds. The van der Waals surface area contributed by atoms with Crippen LogP contribution in [0.25, 0.3) is 0 Å². The van der Waals surface area contributed by atoms with Gasteiger partial charge in [0.1, 0.15) is 6.10 Å². The highest BCUT2D eigenvalue weighted by Gasteiger charge is 2.33. The topological polar surface area (TPSA) is 41.6 Å². The lowest BCUT2D eigenvalue weighted by Gasteiger charge is -2.37. The van der Waals surface area contributed by atoms with E-state index in [1.54, 1.807) is 4.90 Å². The molecule has 0 bridgehead atoms. The van der Waals surface area contributed by atoms with Gasteiger partial charge in [0.25, 0.3) is 0 Å². The van der Waals surface area contributed by atoms with E-state index in [0.29, 0.717) is 38.3 Å². The van der Waals surface area contributed by atoms with Gasteiger partial charge in [-0.25, -0.2) is 8.78 Å². The molecule has 0 spiro atoms. The summed E-state index contributed by atoms with van der Waals surface area (Å²) in [5, 5.41) is 3.07. The molecule has 2 heterocycles. The molecule has 2 saturated heterocycles. The molecular formula is C14H17ClF2N2O2. The lowest BCUT2D eigenvalue weighted by Crippen LogP contribution is -2.54. The summed E-state index contributed by atoms with van der Waals surface area (Å²) in [5.41, 5.74) is 0.563. The molecule has 116 valence electrons. The van der Waals surface area contributed by atoms with Crippen molar-refractivity contribution in [1.29, 1.82) is 0 Å². The van der Waals surface area contributed by atoms with Crippen LogP contribution in [0.2, 0.25) is 0 Å². The minimum atomic E-state index is -0.891. The Morgan fingerprint density at radius 3 is 2.67 bits per heavy atom. The average molecular weight is 319 g/mol. The van der Waals surface area contributed by atoms with Gasteiger partial charge in [0.05, 0.1) is 19.1 Å². The van der Waals surface area contributed by atoms with E-state index in [4.69, 9.17) is 4.74 Å². The number of morpholine rings is 1. The molecular weight excluding hydrogens is 302 g/mol. The number of carbonyl (C=O) groups excluding carboxylic acids is 1. The summed E-state index contributed by atoms with van der Waals surface area (Å²) >= 11 is 0. The van der Waals surface area contributed by atoms with Crippen LogP contribution < -0.4 is 5.32 Å². The number of nitrogens with one attached hydrogen (secondary N) is 1. The third-order valence-electron chi connectivity index (χ3n) is 3.82. The summed E-state index contributed by atoms with van der Waals surface area (Å²) in [5.74, 6) is -1.62. The first kappa shape index (κ1) is 16.1. The summed E-state index contributed by atoms with van der Waals surface area (Å²) in [4.78, 5) is 13.9. The Morgan fingerprint density at radius 2 is 2.05 bits per heavy atom. The first-order valence-electron chi connectivity index (χ1n) is 6.71. The van der Waals surface area contributed by atoms with Gasteiger partial charge >= 0.3 is 0 Å². The number of hydrogen-bond acceptors (Lipinski definition) is 3. The minimum absolute atomic E-state index is 0. The maximum Gasteiger partial charge on any atom is 0.228 e. The third kappa shape index (κ3) is 3.33. The van der Waals surface area contributed by atoms with Gasteiger partial charge in [-0.3, -0.25) is 4.79 Å². The number of halogens is 3. The van der Waals surface area contributed by atoms with Gasteiger partial charge in [0.15, 0.2) is 11.6 Å². The quantitative estimate of drug-likeness (QED) is 0.898. The van der Waals surface area contributed by atoms with E-state index in [-0.39, 0.29) is 24.2 Å². The van der Waals surface area contributed by atoms with Gasteiger partial charge in [-0.05, 0) is 17.7 Å². The number of ether oxygens (including phenoxy) is 1. The van der Waals surface area contributed by atoms with Crippen molar-refractivity contribution < 1.29 is 18.3 Å². The highest BCUT2D eigenvalue weighted by molar-refractivity contribution is 5.85. The Balaban J connectivity index is 0.00000161. The van der Waals surface area contributed by atoms with Crippen molar-refractivity contribution in [3.8, 4) is 0 Å². The highest BCUT2D eigenvalue weighted by Crippen LogP contribution is 2.25. The van der Waals surface area contributed by atoms with E-state index in [1.807, 2.05) is 0 Å². The Morgan fingerprint density at radius 1 is 1.29 bits per heavy atom. The van der Waals surface area contributed by atoms with Crippen molar-refractivity contribution in [2.75, 3.05) is 32.8 Å². The second kappa shape index (κ2) is 6.68. The van der Waals surface area contributed by atoms with E-state index in [9.17, 15) is 13.6 Å². The summed E-state index contributed by atoms with van der Waals surface area (Å²) in [6.45, 7) is 2.78. The molecule has 7 heteroatoms. The predicted molar refractivity (Wildman–Crippen MR) is 75.2 cm³/mol. The summed E-state index contributed by atoms with van der Waals surface area (Å²) in [6, 6.07) is 3.73. The Kier molecular flexibility index (Phi) is 5.13. The van der Waals surface area contributed by atoms with Crippen molar-refractivity contribution in [3.05, 3.63) is 35.4 Å². The van der Waals surface area contributed by atoms with Crippen molar-refractivity contribution in [1.82, 2.24) is 10.2 Å². The molecule has 1 atom stereocenters. The summed E-state index contributed by atoms with van der Waals surface area (Å²) < 4.78 is 31.8. The van der Waals surface area contributed by atoms with Crippen LogP contribution in [0.4, 0.5) is 8.78 Å². The van der Waals surface area contributed by atoms with Gasteiger partial charge in [-0.1, -0.05) is 6.07 Å². The number of nitrogens with zero attached hydrogens (tertiary/aromatic N) is 1. The first-order chi connectivity index (χ1) is 9.65. The van der Waals surface area contributed by atoms with Crippen LogP contribution in [0.1, 0.15) is 11.7 Å². The zero-order valence-corrected chi connectivity index (χ0v) is 12.2. The molecule has 1 N–H and O–H groups in total. The fraction of sp³-hybridized carbons (Fsp3) is 0.500. The maximum atomic E-state index is 13.3. The van der Waals surface area contributed by atoms with Gasteiger partial charge in [-0.2, -0.15) is 0 Å². The molecule has 4 nitrogen and oxygen atoms in total. The van der Waals surface area contributed by atoms with Crippen LogP contribution in [0.15, 0.2) is 18.2 Å². The molecule has 1 unspecified atom stereocenters. The van der Waals surface area contributed by atoms with Crippen LogP contribution in [0.3, 0.4) is 0 Å². The van der Waals surface area contributed by atoms with Crippen LogP contribution in [0.5, 0.6) is 0 Å². The summed E-state index contributed by atoms with van der Waals surface area (Å²) in [7, 11) is 0. The molecule has 0 aliphatic carbocycles. The molecule has 0 aromatic heterocycles. The lowest BCUT2D eigenvalue weighted by molar-refractivity contribution is -0.144. The molecule has 2 aliphatic heterocycles. The minimum Gasteiger partial charge on any atom is -0.370 e. The number of benzene rings is 1. The third-order valence-corrected chi connectivity index (χ3v) is 3.82. The number of hydrogen-bond donors (Lipinski definition) is 1. The van der Waals surface area contributed by atoms with Gasteiger partial charge < -0.3 is 15.0 Å². The average Bonchev–Trinajstić information content (AvgIpc) is 2.40. The van der Waals surface area contributed by atoms with E-state index >= 15 is 0 Å². The number of carbonyl (C=O) groups is 1. The molecule has 0 radical (unpaired) electrons. The first-order valence-corrected chi connectivity index (χ1v) is 6.71. The fourth-order valence-electron chi connectivity index (χ4n) is 2.49. The molecule has 21 heavy (non-hydrogen) atoms. The van der Waals surface area contributed by atoms with Crippen molar-refractivity contribution in [2.45, 2.75) is 6.10 Å². The van der Waals surface area contributed by atoms with Crippen molar-refractivity contribution >= 4 is 18.3 Å². The van der Waals surface area contributed by atoms with Gasteiger partial charge in [0.2, 0.25) is 5.91 Å². The van der Waals surface area contributed by atoms with E-state index in [0.717, 1.165) is 12.1 Å². The Bertz CT molecular complexity index is 526. The number of rotatable bonds is 2. The van der Waals surface area contributed by atoms with Gasteiger partial charge in [-0.15, -0.1) is 12.4 Å². The van der Waals surface area contributed by atoms with Crippen LogP contribution in [0, 0.1) is 17.6 Å². The van der Waals surface area contributed by atoms with E-state index < -0.39 is 17.7 Å². The standard InChI is InChI=1S/C14H16F2N2O2.ClH/c15-11-2-1-9(5-12(11)16)13-8-18(3-4-20-13)14(19)10-6-17-7-10;/h1-2,5,10,13,17H,3-4,6-8H2;1H. The molecule has 2 aliphatic rings. The van der Waals surface area contributed by atoms with Crippen molar-refractivity contribution in [3.63, 3.8) is 0 Å². The normalized spacial score (nSPS) is 22.4. The molecule has 1 aromatic carbocycles. The maximum absolute atomic E-state index is 13.3. The van der Waals surface area contributed by atoms with E-state index in [2.05, 4.69) is 5.32 Å². The predicted octanol–water partition coefficient (Wildman–Crippen LogP) is 1.51. The monoisotopic (exact) mass is 318 g/mol. The largest absolute Gasteiger partial charge is 0.370 e. The van der Waals surface area contributed by atoms with Crippen LogP contribution >= 0.6 is 12.4 Å².